The van der Waals surface area contributed by atoms with Crippen LogP contribution in [0.1, 0.15) is 28.0 Å². The second-order valence-electron chi connectivity index (χ2n) is 6.26. The Kier molecular flexibility index (Phi) is 4.50. The summed E-state index contributed by atoms with van der Waals surface area (Å²) in [4.78, 5) is 23.2. The zero-order chi connectivity index (χ0) is 18.6. The molecule has 1 amide bonds. The maximum Gasteiger partial charge on any atom is 0.277 e. The van der Waals surface area contributed by atoms with Gasteiger partial charge >= 0.3 is 0 Å². The van der Waals surface area contributed by atoms with E-state index in [4.69, 9.17) is 0 Å². The van der Waals surface area contributed by atoms with Gasteiger partial charge in [0.05, 0.1) is 11.3 Å². The molecule has 6 heteroatoms. The molecule has 0 unspecified atom stereocenters. The minimum atomic E-state index is -0.152. The van der Waals surface area contributed by atoms with Crippen molar-refractivity contribution in [2.24, 2.45) is 0 Å². The third-order valence-corrected chi connectivity index (χ3v) is 4.55. The van der Waals surface area contributed by atoms with Crippen molar-refractivity contribution in [3.05, 3.63) is 77.7 Å². The van der Waals surface area contributed by atoms with Gasteiger partial charge in [-0.1, -0.05) is 30.3 Å². The highest BCUT2D eigenvalue weighted by atomic mass is 16.2. The summed E-state index contributed by atoms with van der Waals surface area (Å²) in [5.74, 6) is 0.322. The zero-order valence-electron chi connectivity index (χ0n) is 14.6. The Bertz CT molecular complexity index is 1040. The highest BCUT2D eigenvalue weighted by Crippen LogP contribution is 2.28. The summed E-state index contributed by atoms with van der Waals surface area (Å²) in [6.07, 6.45) is 3.26. The molecule has 3 aromatic rings. The number of benzene rings is 2. The van der Waals surface area contributed by atoms with Crippen molar-refractivity contribution in [1.82, 2.24) is 9.97 Å². The highest BCUT2D eigenvalue weighted by Gasteiger charge is 2.24. The Morgan fingerprint density at radius 1 is 1.11 bits per heavy atom. The fraction of sp³-hybridized carbons (Fsp3) is 0.143. The van der Waals surface area contributed by atoms with E-state index in [0.29, 0.717) is 29.3 Å². The van der Waals surface area contributed by atoms with Gasteiger partial charge < -0.3 is 10.2 Å². The number of rotatable bonds is 3. The summed E-state index contributed by atoms with van der Waals surface area (Å²) in [6, 6.07) is 18.9. The van der Waals surface area contributed by atoms with Crippen molar-refractivity contribution in [2.45, 2.75) is 12.8 Å². The Balaban J connectivity index is 1.62. The van der Waals surface area contributed by atoms with E-state index in [1.807, 2.05) is 24.3 Å². The first kappa shape index (κ1) is 16.7. The molecule has 0 saturated heterocycles. The van der Waals surface area contributed by atoms with E-state index in [0.717, 1.165) is 18.5 Å². The van der Waals surface area contributed by atoms with Crippen molar-refractivity contribution < 1.29 is 4.79 Å². The molecule has 2 heterocycles. The number of aryl methyl sites for hydroxylation is 1. The van der Waals surface area contributed by atoms with Gasteiger partial charge in [-0.3, -0.25) is 4.79 Å². The quantitative estimate of drug-likeness (QED) is 0.775. The summed E-state index contributed by atoms with van der Waals surface area (Å²) < 4.78 is 0. The lowest BCUT2D eigenvalue weighted by Crippen LogP contribution is -2.36. The van der Waals surface area contributed by atoms with Gasteiger partial charge in [0.2, 0.25) is 0 Å². The van der Waals surface area contributed by atoms with Crippen LogP contribution in [0.3, 0.4) is 0 Å². The standard InChI is InChI=1S/C21H17N5O/c22-13-16-7-1-3-9-17(16)25-20-12-18(23-14-24-20)21(27)26-11-5-8-15-6-2-4-10-19(15)26/h1-4,6-7,9-10,12,14H,5,8,11H2,(H,23,24,25). The number of nitrogens with zero attached hydrogens (tertiary/aromatic N) is 4. The molecule has 2 aromatic carbocycles. The average Bonchev–Trinajstić information content (AvgIpc) is 2.73. The molecule has 132 valence electrons. The van der Waals surface area contributed by atoms with E-state index in [2.05, 4.69) is 27.4 Å². The van der Waals surface area contributed by atoms with Gasteiger partial charge in [0.15, 0.2) is 0 Å². The summed E-state index contributed by atoms with van der Waals surface area (Å²) in [5.41, 5.74) is 3.58. The van der Waals surface area contributed by atoms with E-state index in [-0.39, 0.29) is 5.91 Å². The van der Waals surface area contributed by atoms with Crippen LogP contribution in [0.25, 0.3) is 0 Å². The fourth-order valence-corrected chi connectivity index (χ4v) is 3.25. The van der Waals surface area contributed by atoms with Crippen LogP contribution in [0.4, 0.5) is 17.2 Å². The molecule has 1 N–H and O–H groups in total. The van der Waals surface area contributed by atoms with Crippen molar-refractivity contribution in [2.75, 3.05) is 16.8 Å². The van der Waals surface area contributed by atoms with Gasteiger partial charge in [-0.25, -0.2) is 9.97 Å². The number of nitriles is 1. The highest BCUT2D eigenvalue weighted by molar-refractivity contribution is 6.05. The van der Waals surface area contributed by atoms with E-state index in [1.165, 1.54) is 11.9 Å². The van der Waals surface area contributed by atoms with E-state index < -0.39 is 0 Å². The lowest BCUT2D eigenvalue weighted by Gasteiger charge is -2.29. The van der Waals surface area contributed by atoms with Crippen LogP contribution < -0.4 is 10.2 Å². The third-order valence-electron chi connectivity index (χ3n) is 4.55. The maximum atomic E-state index is 13.0. The van der Waals surface area contributed by atoms with Crippen LogP contribution in [-0.4, -0.2) is 22.4 Å². The Morgan fingerprint density at radius 2 is 1.93 bits per heavy atom. The van der Waals surface area contributed by atoms with Crippen LogP contribution in [0.5, 0.6) is 0 Å². The molecule has 0 atom stereocenters. The van der Waals surface area contributed by atoms with Crippen molar-refractivity contribution >= 4 is 23.1 Å². The summed E-state index contributed by atoms with van der Waals surface area (Å²) in [5, 5.41) is 12.3. The number of carbonyl (C=O) groups excluding carboxylic acids is 1. The average molecular weight is 355 g/mol. The van der Waals surface area contributed by atoms with E-state index in [1.54, 1.807) is 29.2 Å². The van der Waals surface area contributed by atoms with Crippen LogP contribution in [0.15, 0.2) is 60.9 Å². The number of amides is 1. The second kappa shape index (κ2) is 7.26. The molecule has 0 aliphatic carbocycles. The molecular formula is C21H17N5O. The molecule has 0 radical (unpaired) electrons. The summed E-state index contributed by atoms with van der Waals surface area (Å²) in [6.45, 7) is 0.667. The zero-order valence-corrected chi connectivity index (χ0v) is 14.6. The number of nitrogens with one attached hydrogen (secondary N) is 1. The molecule has 1 aliphatic rings. The lowest BCUT2D eigenvalue weighted by molar-refractivity contribution is 0.0980. The van der Waals surface area contributed by atoms with Crippen LogP contribution in [-0.2, 0) is 6.42 Å². The molecule has 0 saturated carbocycles. The van der Waals surface area contributed by atoms with Crippen LogP contribution in [0.2, 0.25) is 0 Å². The molecule has 0 bridgehead atoms. The monoisotopic (exact) mass is 355 g/mol. The Morgan fingerprint density at radius 3 is 2.81 bits per heavy atom. The largest absolute Gasteiger partial charge is 0.339 e. The number of hydrogen-bond donors (Lipinski definition) is 1. The number of hydrogen-bond acceptors (Lipinski definition) is 5. The minimum Gasteiger partial charge on any atom is -0.339 e. The van der Waals surface area contributed by atoms with E-state index >= 15 is 0 Å². The molecule has 0 spiro atoms. The predicted molar refractivity (Wildman–Crippen MR) is 103 cm³/mol. The second-order valence-corrected chi connectivity index (χ2v) is 6.26. The molecular weight excluding hydrogens is 338 g/mol. The van der Waals surface area contributed by atoms with Gasteiger partial charge in [-0.05, 0) is 36.6 Å². The first-order valence-electron chi connectivity index (χ1n) is 8.74. The number of carbonyl (C=O) groups is 1. The molecule has 1 aromatic heterocycles. The fourth-order valence-electron chi connectivity index (χ4n) is 3.25. The molecule has 1 aliphatic heterocycles. The molecule has 0 fully saturated rings. The van der Waals surface area contributed by atoms with Gasteiger partial charge in [-0.15, -0.1) is 0 Å². The maximum absolute atomic E-state index is 13.0. The van der Waals surface area contributed by atoms with Gasteiger partial charge in [0.1, 0.15) is 23.9 Å². The third kappa shape index (κ3) is 3.35. The molecule has 4 rings (SSSR count). The summed E-state index contributed by atoms with van der Waals surface area (Å²) >= 11 is 0. The minimum absolute atomic E-state index is 0.152. The van der Waals surface area contributed by atoms with Crippen molar-refractivity contribution in [3.8, 4) is 6.07 Å². The van der Waals surface area contributed by atoms with Crippen molar-refractivity contribution in [1.29, 1.82) is 5.26 Å². The predicted octanol–water partition coefficient (Wildman–Crippen LogP) is 3.68. The first-order chi connectivity index (χ1) is 13.3. The van der Waals surface area contributed by atoms with E-state index in [9.17, 15) is 10.1 Å². The summed E-state index contributed by atoms with van der Waals surface area (Å²) in [7, 11) is 0. The number of fused-ring (bicyclic) bond motifs is 1. The molecule has 6 nitrogen and oxygen atoms in total. The Labute approximate surface area is 157 Å². The molecule has 27 heavy (non-hydrogen) atoms. The van der Waals surface area contributed by atoms with Crippen molar-refractivity contribution in [3.63, 3.8) is 0 Å². The van der Waals surface area contributed by atoms with Crippen LogP contribution in [0, 0.1) is 11.3 Å². The van der Waals surface area contributed by atoms with Gasteiger partial charge in [0, 0.05) is 18.3 Å². The number of para-hydroxylation sites is 2. The Hall–Kier alpha value is -3.72. The SMILES string of the molecule is N#Cc1ccccc1Nc1cc(C(=O)N2CCCc3ccccc32)ncn1. The normalized spacial score (nSPS) is 12.8. The van der Waals surface area contributed by atoms with Crippen LogP contribution >= 0.6 is 0 Å². The smallest absolute Gasteiger partial charge is 0.277 e. The van der Waals surface area contributed by atoms with Gasteiger partial charge in [0.25, 0.3) is 5.91 Å². The lowest BCUT2D eigenvalue weighted by atomic mass is 10.0. The van der Waals surface area contributed by atoms with Gasteiger partial charge in [-0.2, -0.15) is 5.26 Å². The first-order valence-corrected chi connectivity index (χ1v) is 8.74. The number of aromatic nitrogens is 2. The number of anilines is 3. The topological polar surface area (TPSA) is 81.9 Å².